The quantitative estimate of drug-likeness (QED) is 0.339. The fraction of sp³-hybridized carbons (Fsp3) is 0.385. The molecule has 20 heavy (non-hydrogen) atoms. The average molecular weight is 306 g/mol. The third-order valence-corrected chi connectivity index (χ3v) is 2.75. The van der Waals surface area contributed by atoms with Crippen LogP contribution in [0.1, 0.15) is 25.0 Å². The van der Waals surface area contributed by atoms with Crippen LogP contribution < -0.4 is 4.42 Å². The normalized spacial score (nSPS) is 12.3. The van der Waals surface area contributed by atoms with Crippen LogP contribution >= 0.6 is 11.8 Å². The zero-order valence-electron chi connectivity index (χ0n) is 11.6. The van der Waals surface area contributed by atoms with Gasteiger partial charge in [-0.2, -0.15) is 18.3 Å². The molecule has 110 valence electrons. The second kappa shape index (κ2) is 6.26. The molecule has 0 saturated heterocycles. The summed E-state index contributed by atoms with van der Waals surface area (Å²) in [4.78, 5) is 0. The molecular formula is C13H15ClF3N3. The van der Waals surface area contributed by atoms with Gasteiger partial charge in [-0.3, -0.25) is 0 Å². The van der Waals surface area contributed by atoms with Crippen LogP contribution in [0.4, 0.5) is 18.9 Å². The maximum atomic E-state index is 13.0. The van der Waals surface area contributed by atoms with Gasteiger partial charge in [-0.05, 0) is 38.8 Å². The highest BCUT2D eigenvalue weighted by Gasteiger charge is 2.41. The third kappa shape index (κ3) is 3.96. The monoisotopic (exact) mass is 305 g/mol. The Kier molecular flexibility index (Phi) is 5.16. The van der Waals surface area contributed by atoms with E-state index < -0.39 is 12.0 Å². The van der Waals surface area contributed by atoms with Crippen LogP contribution in [0.3, 0.4) is 0 Å². The predicted molar refractivity (Wildman–Crippen MR) is 76.5 cm³/mol. The summed E-state index contributed by atoms with van der Waals surface area (Å²) >= 11 is 5.86. The van der Waals surface area contributed by atoms with Crippen molar-refractivity contribution < 1.29 is 13.2 Å². The number of hydrogen-bond acceptors (Lipinski definition) is 2. The molecule has 0 atom stereocenters. The summed E-state index contributed by atoms with van der Waals surface area (Å²) in [5.41, 5.74) is 1.90. The molecule has 0 spiro atoms. The summed E-state index contributed by atoms with van der Waals surface area (Å²) in [6.07, 6.45) is -4.70. The van der Waals surface area contributed by atoms with Crippen molar-refractivity contribution >= 4 is 29.0 Å². The Morgan fingerprint density at radius 1 is 1.10 bits per heavy atom. The molecule has 0 aliphatic heterocycles. The minimum atomic E-state index is -4.70. The van der Waals surface area contributed by atoms with Crippen LogP contribution in [-0.4, -0.2) is 17.7 Å². The van der Waals surface area contributed by atoms with Gasteiger partial charge in [-0.15, -0.1) is 5.10 Å². The van der Waals surface area contributed by atoms with Gasteiger partial charge in [-0.25, -0.2) is 4.42 Å². The predicted octanol–water partition coefficient (Wildman–Crippen LogP) is 4.62. The first-order valence-corrected chi connectivity index (χ1v) is 6.16. The van der Waals surface area contributed by atoms with E-state index in [4.69, 9.17) is 11.8 Å². The van der Waals surface area contributed by atoms with Crippen LogP contribution in [0.15, 0.2) is 28.4 Å². The van der Waals surface area contributed by atoms with Crippen molar-refractivity contribution in [1.82, 2.24) is 0 Å². The summed E-state index contributed by atoms with van der Waals surface area (Å²) in [7, 11) is 0. The van der Waals surface area contributed by atoms with Crippen molar-refractivity contribution in [3.8, 4) is 0 Å². The molecule has 0 bridgehead atoms. The molecule has 0 aromatic heterocycles. The summed E-state index contributed by atoms with van der Waals surface area (Å²) < 4.78 is 39.6. The highest BCUT2D eigenvalue weighted by Crippen LogP contribution is 2.31. The maximum Gasteiger partial charge on any atom is 0.452 e. The van der Waals surface area contributed by atoms with Gasteiger partial charge in [-0.1, -0.05) is 18.2 Å². The molecular weight excluding hydrogens is 291 g/mol. The summed E-state index contributed by atoms with van der Waals surface area (Å²) in [6, 6.07) is 5.11. The van der Waals surface area contributed by atoms with Gasteiger partial charge < -0.3 is 0 Å². The number of nitrogens with zero attached hydrogens (tertiary/aromatic N) is 3. The fourth-order valence-corrected chi connectivity index (χ4v) is 1.97. The zero-order valence-corrected chi connectivity index (χ0v) is 12.3. The van der Waals surface area contributed by atoms with Crippen LogP contribution in [0.5, 0.6) is 0 Å². The first-order chi connectivity index (χ1) is 9.14. The van der Waals surface area contributed by atoms with Crippen LogP contribution in [-0.2, 0) is 0 Å². The maximum absolute atomic E-state index is 13.0. The Hall–Kier alpha value is -1.56. The number of anilines is 1. The van der Waals surface area contributed by atoms with E-state index in [1.165, 1.54) is 0 Å². The minimum absolute atomic E-state index is 0.259. The first-order valence-electron chi connectivity index (χ1n) is 5.82. The van der Waals surface area contributed by atoms with Crippen molar-refractivity contribution in [2.24, 2.45) is 10.2 Å². The molecule has 0 N–H and O–H groups in total. The Balaban J connectivity index is 3.36. The number of rotatable bonds is 2. The molecule has 0 radical (unpaired) electrons. The van der Waals surface area contributed by atoms with Crippen LogP contribution in [0, 0.1) is 13.8 Å². The van der Waals surface area contributed by atoms with E-state index in [-0.39, 0.29) is 5.69 Å². The molecule has 0 amide bonds. The van der Waals surface area contributed by atoms with E-state index in [0.29, 0.717) is 21.3 Å². The van der Waals surface area contributed by atoms with E-state index in [2.05, 4.69) is 10.2 Å². The highest BCUT2D eigenvalue weighted by molar-refractivity contribution is 6.38. The molecule has 1 aromatic carbocycles. The Labute approximate surface area is 120 Å². The lowest BCUT2D eigenvalue weighted by Crippen LogP contribution is -2.36. The number of hydrogen-bond donors (Lipinski definition) is 0. The first kappa shape index (κ1) is 16.5. The number of amidine groups is 1. The van der Waals surface area contributed by atoms with Crippen molar-refractivity contribution in [3.05, 3.63) is 29.3 Å². The number of alkyl halides is 3. The van der Waals surface area contributed by atoms with Gasteiger partial charge in [0, 0.05) is 17.5 Å². The van der Waals surface area contributed by atoms with Crippen molar-refractivity contribution in [1.29, 1.82) is 0 Å². The standard InChI is InChI=1S/C13H15ClF3N3/c1-8(2)18-19-12(13(15,16)17)20(14)11-9(3)6-5-7-10(11)4/h5-7H,1-4H3/b19-12-. The number of aryl methyl sites for hydroxylation is 2. The van der Waals surface area contributed by atoms with Gasteiger partial charge >= 0.3 is 6.18 Å². The van der Waals surface area contributed by atoms with Gasteiger partial charge in [0.25, 0.3) is 5.84 Å². The average Bonchev–Trinajstić information content (AvgIpc) is 2.26. The molecule has 1 rings (SSSR count). The molecule has 0 aliphatic carbocycles. The second-order valence-electron chi connectivity index (χ2n) is 4.49. The van der Waals surface area contributed by atoms with Gasteiger partial charge in [0.1, 0.15) is 0 Å². The SMILES string of the molecule is CC(C)=N/N=C(\N(Cl)c1c(C)cccc1C)C(F)(F)F. The molecule has 0 saturated carbocycles. The Bertz CT molecular complexity index is 526. The smallest absolute Gasteiger partial charge is 0.230 e. The van der Waals surface area contributed by atoms with Crippen LogP contribution in [0.2, 0.25) is 0 Å². The van der Waals surface area contributed by atoms with Crippen molar-refractivity contribution in [3.63, 3.8) is 0 Å². The Morgan fingerprint density at radius 3 is 2.00 bits per heavy atom. The Morgan fingerprint density at radius 2 is 1.60 bits per heavy atom. The van der Waals surface area contributed by atoms with E-state index in [0.717, 1.165) is 0 Å². The lowest BCUT2D eigenvalue weighted by molar-refractivity contribution is -0.0596. The van der Waals surface area contributed by atoms with Crippen molar-refractivity contribution in [2.75, 3.05) is 4.42 Å². The van der Waals surface area contributed by atoms with Crippen molar-refractivity contribution in [2.45, 2.75) is 33.9 Å². The number of para-hydroxylation sites is 1. The zero-order chi connectivity index (χ0) is 15.5. The van der Waals surface area contributed by atoms with Crippen LogP contribution in [0.25, 0.3) is 0 Å². The lowest BCUT2D eigenvalue weighted by Gasteiger charge is -2.22. The summed E-state index contributed by atoms with van der Waals surface area (Å²) in [6.45, 7) is 6.46. The molecule has 7 heteroatoms. The second-order valence-corrected chi connectivity index (χ2v) is 4.83. The lowest BCUT2D eigenvalue weighted by atomic mass is 10.1. The highest BCUT2D eigenvalue weighted by atomic mass is 35.5. The van der Waals surface area contributed by atoms with E-state index in [1.54, 1.807) is 45.9 Å². The molecule has 0 heterocycles. The summed E-state index contributed by atoms with van der Waals surface area (Å²) in [5.74, 6) is -1.27. The van der Waals surface area contributed by atoms with Gasteiger partial charge in [0.2, 0.25) is 0 Å². The molecule has 0 aliphatic rings. The topological polar surface area (TPSA) is 28.0 Å². The molecule has 0 fully saturated rings. The molecule has 0 unspecified atom stereocenters. The third-order valence-electron chi connectivity index (χ3n) is 2.42. The van der Waals surface area contributed by atoms with Gasteiger partial charge in [0.15, 0.2) is 0 Å². The fourth-order valence-electron chi connectivity index (χ4n) is 1.58. The van der Waals surface area contributed by atoms with E-state index >= 15 is 0 Å². The number of benzene rings is 1. The minimum Gasteiger partial charge on any atom is -0.230 e. The van der Waals surface area contributed by atoms with Gasteiger partial charge in [0.05, 0.1) is 5.69 Å². The summed E-state index contributed by atoms with van der Waals surface area (Å²) in [5, 5.41) is 6.68. The molecule has 3 nitrogen and oxygen atoms in total. The molecule has 1 aromatic rings. The number of halogens is 4. The largest absolute Gasteiger partial charge is 0.452 e. The van der Waals surface area contributed by atoms with E-state index in [1.807, 2.05) is 0 Å². The van der Waals surface area contributed by atoms with E-state index in [9.17, 15) is 13.2 Å².